The molecular formula is C18H20BrNO. The van der Waals surface area contributed by atoms with Crippen molar-refractivity contribution in [2.24, 2.45) is 0 Å². The van der Waals surface area contributed by atoms with E-state index in [4.69, 9.17) is 0 Å². The van der Waals surface area contributed by atoms with Crippen LogP contribution in [0.3, 0.4) is 0 Å². The summed E-state index contributed by atoms with van der Waals surface area (Å²) in [4.78, 5) is 2.36. The quantitative estimate of drug-likeness (QED) is 0.829. The molecule has 0 bridgehead atoms. The Morgan fingerprint density at radius 3 is 2.71 bits per heavy atom. The van der Waals surface area contributed by atoms with E-state index < -0.39 is 6.10 Å². The third-order valence-corrected chi connectivity index (χ3v) is 4.59. The van der Waals surface area contributed by atoms with E-state index in [2.05, 4.69) is 51.2 Å². The van der Waals surface area contributed by atoms with E-state index in [9.17, 15) is 5.11 Å². The second-order valence-electron chi connectivity index (χ2n) is 5.62. The summed E-state index contributed by atoms with van der Waals surface area (Å²) in [6, 6.07) is 14.7. The molecule has 0 fully saturated rings. The molecule has 0 aliphatic carbocycles. The molecule has 2 aromatic rings. The summed E-state index contributed by atoms with van der Waals surface area (Å²) >= 11 is 3.56. The molecule has 110 valence electrons. The molecule has 0 spiro atoms. The molecule has 0 aromatic heterocycles. The minimum absolute atomic E-state index is 0.469. The second-order valence-corrected chi connectivity index (χ2v) is 6.53. The van der Waals surface area contributed by atoms with Gasteiger partial charge < -0.3 is 10.0 Å². The SMILES string of the molecule is CC(O)c1ccc(Br)cc1N1CCCCc2ccccc21. The van der Waals surface area contributed by atoms with Gasteiger partial charge in [-0.3, -0.25) is 0 Å². The number of fused-ring (bicyclic) bond motifs is 1. The summed E-state index contributed by atoms with van der Waals surface area (Å²) in [6.07, 6.45) is 3.04. The van der Waals surface area contributed by atoms with Crippen LogP contribution in [0.4, 0.5) is 11.4 Å². The van der Waals surface area contributed by atoms with Gasteiger partial charge in [0, 0.05) is 28.0 Å². The van der Waals surface area contributed by atoms with Crippen LogP contribution in [0.1, 0.15) is 37.0 Å². The number of halogens is 1. The molecule has 1 N–H and O–H groups in total. The lowest BCUT2D eigenvalue weighted by atomic mass is 10.0. The van der Waals surface area contributed by atoms with Crippen LogP contribution in [0.5, 0.6) is 0 Å². The second kappa shape index (κ2) is 6.20. The Balaban J connectivity index is 2.14. The molecule has 21 heavy (non-hydrogen) atoms. The molecule has 0 radical (unpaired) electrons. The van der Waals surface area contributed by atoms with Gasteiger partial charge in [-0.2, -0.15) is 0 Å². The van der Waals surface area contributed by atoms with Gasteiger partial charge >= 0.3 is 0 Å². The number of hydrogen-bond donors (Lipinski definition) is 1. The normalized spacial score (nSPS) is 16.2. The number of anilines is 2. The minimum Gasteiger partial charge on any atom is -0.389 e. The number of rotatable bonds is 2. The summed E-state index contributed by atoms with van der Waals surface area (Å²) in [6.45, 7) is 2.82. The van der Waals surface area contributed by atoms with Crippen LogP contribution < -0.4 is 4.90 Å². The van der Waals surface area contributed by atoms with Crippen LogP contribution in [-0.2, 0) is 6.42 Å². The zero-order valence-electron chi connectivity index (χ0n) is 12.2. The Bertz CT molecular complexity index is 639. The van der Waals surface area contributed by atoms with Crippen LogP contribution >= 0.6 is 15.9 Å². The first-order valence-electron chi connectivity index (χ1n) is 7.50. The van der Waals surface area contributed by atoms with Gasteiger partial charge in [0.05, 0.1) is 6.10 Å². The monoisotopic (exact) mass is 345 g/mol. The Labute approximate surface area is 134 Å². The maximum absolute atomic E-state index is 10.1. The van der Waals surface area contributed by atoms with Crippen molar-refractivity contribution in [1.82, 2.24) is 0 Å². The molecule has 1 aliphatic rings. The average Bonchev–Trinajstić information content (AvgIpc) is 2.69. The van der Waals surface area contributed by atoms with Crippen molar-refractivity contribution in [2.75, 3.05) is 11.4 Å². The molecule has 0 saturated heterocycles. The number of aryl methyl sites for hydroxylation is 1. The summed E-state index contributed by atoms with van der Waals surface area (Å²) in [5.41, 5.74) is 4.75. The lowest BCUT2D eigenvalue weighted by Gasteiger charge is -2.28. The number of benzene rings is 2. The number of para-hydroxylation sites is 1. The maximum Gasteiger partial charge on any atom is 0.0782 e. The van der Waals surface area contributed by atoms with Crippen molar-refractivity contribution in [1.29, 1.82) is 0 Å². The molecule has 1 aliphatic heterocycles. The van der Waals surface area contributed by atoms with E-state index in [0.717, 1.165) is 28.7 Å². The number of aliphatic hydroxyl groups excluding tert-OH is 1. The fourth-order valence-electron chi connectivity index (χ4n) is 3.05. The van der Waals surface area contributed by atoms with Crippen LogP contribution in [-0.4, -0.2) is 11.7 Å². The first-order valence-corrected chi connectivity index (χ1v) is 8.29. The summed E-state index contributed by atoms with van der Waals surface area (Å²) in [7, 11) is 0. The van der Waals surface area contributed by atoms with E-state index in [1.807, 2.05) is 19.1 Å². The molecule has 0 amide bonds. The van der Waals surface area contributed by atoms with E-state index in [0.29, 0.717) is 0 Å². The third-order valence-electron chi connectivity index (χ3n) is 4.09. The van der Waals surface area contributed by atoms with Crippen LogP contribution in [0.2, 0.25) is 0 Å². The fraction of sp³-hybridized carbons (Fsp3) is 0.333. The Morgan fingerprint density at radius 1 is 1.10 bits per heavy atom. The van der Waals surface area contributed by atoms with E-state index >= 15 is 0 Å². The van der Waals surface area contributed by atoms with Gasteiger partial charge in [0.25, 0.3) is 0 Å². The zero-order valence-corrected chi connectivity index (χ0v) is 13.8. The maximum atomic E-state index is 10.1. The van der Waals surface area contributed by atoms with Crippen LogP contribution in [0, 0.1) is 0 Å². The highest BCUT2D eigenvalue weighted by Crippen LogP contribution is 2.37. The molecule has 3 rings (SSSR count). The van der Waals surface area contributed by atoms with E-state index in [1.54, 1.807) is 0 Å². The third kappa shape index (κ3) is 2.99. The van der Waals surface area contributed by atoms with Crippen molar-refractivity contribution >= 4 is 27.3 Å². The van der Waals surface area contributed by atoms with Gasteiger partial charge in [0.15, 0.2) is 0 Å². The Kier molecular flexibility index (Phi) is 4.32. The molecular weight excluding hydrogens is 326 g/mol. The Morgan fingerprint density at radius 2 is 1.90 bits per heavy atom. The molecule has 1 heterocycles. The topological polar surface area (TPSA) is 23.5 Å². The van der Waals surface area contributed by atoms with Gasteiger partial charge in [0.2, 0.25) is 0 Å². The number of nitrogens with zero attached hydrogens (tertiary/aromatic N) is 1. The average molecular weight is 346 g/mol. The van der Waals surface area contributed by atoms with Gasteiger partial charge in [0.1, 0.15) is 0 Å². The minimum atomic E-state index is -0.469. The standard InChI is InChI=1S/C18H20BrNO/c1-13(21)16-10-9-15(19)12-18(16)20-11-5-4-7-14-6-2-3-8-17(14)20/h2-3,6,8-10,12-13,21H,4-5,7,11H2,1H3. The molecule has 1 atom stereocenters. The zero-order chi connectivity index (χ0) is 14.8. The fourth-order valence-corrected chi connectivity index (χ4v) is 3.39. The van der Waals surface area contributed by atoms with E-state index in [-0.39, 0.29) is 0 Å². The van der Waals surface area contributed by atoms with Crippen molar-refractivity contribution in [2.45, 2.75) is 32.3 Å². The highest BCUT2D eigenvalue weighted by atomic mass is 79.9. The van der Waals surface area contributed by atoms with E-state index in [1.165, 1.54) is 24.1 Å². The largest absolute Gasteiger partial charge is 0.389 e. The smallest absolute Gasteiger partial charge is 0.0782 e. The van der Waals surface area contributed by atoms with Gasteiger partial charge in [-0.05, 0) is 49.9 Å². The number of aliphatic hydroxyl groups is 1. The van der Waals surface area contributed by atoms with Crippen molar-refractivity contribution in [3.8, 4) is 0 Å². The highest BCUT2D eigenvalue weighted by Gasteiger charge is 2.20. The lowest BCUT2D eigenvalue weighted by molar-refractivity contribution is 0.199. The molecule has 2 nitrogen and oxygen atoms in total. The Hall–Kier alpha value is -1.32. The molecule has 1 unspecified atom stereocenters. The highest BCUT2D eigenvalue weighted by molar-refractivity contribution is 9.10. The predicted molar refractivity (Wildman–Crippen MR) is 91.2 cm³/mol. The van der Waals surface area contributed by atoms with Crippen LogP contribution in [0.15, 0.2) is 46.9 Å². The lowest BCUT2D eigenvalue weighted by Crippen LogP contribution is -2.20. The number of hydrogen-bond acceptors (Lipinski definition) is 2. The predicted octanol–water partition coefficient (Wildman–Crippen LogP) is 4.98. The molecule has 2 aromatic carbocycles. The summed E-state index contributed by atoms with van der Waals surface area (Å²) in [5, 5.41) is 10.1. The van der Waals surface area contributed by atoms with Crippen molar-refractivity contribution in [3.63, 3.8) is 0 Å². The summed E-state index contributed by atoms with van der Waals surface area (Å²) < 4.78 is 1.05. The van der Waals surface area contributed by atoms with Gasteiger partial charge in [-0.15, -0.1) is 0 Å². The van der Waals surface area contributed by atoms with Crippen molar-refractivity contribution < 1.29 is 5.11 Å². The van der Waals surface area contributed by atoms with Gasteiger partial charge in [-0.25, -0.2) is 0 Å². The van der Waals surface area contributed by atoms with Crippen molar-refractivity contribution in [3.05, 3.63) is 58.1 Å². The first-order chi connectivity index (χ1) is 10.2. The first kappa shape index (κ1) is 14.6. The van der Waals surface area contributed by atoms with Gasteiger partial charge in [-0.1, -0.05) is 40.2 Å². The summed E-state index contributed by atoms with van der Waals surface area (Å²) in [5.74, 6) is 0. The molecule has 3 heteroatoms. The molecule has 0 saturated carbocycles. The van der Waals surface area contributed by atoms with Crippen LogP contribution in [0.25, 0.3) is 0 Å².